The average Bonchev–Trinajstić information content (AvgIpc) is 2.73. The van der Waals surface area contributed by atoms with E-state index in [1.165, 1.54) is 23.7 Å². The zero-order chi connectivity index (χ0) is 19.3. The Morgan fingerprint density at radius 3 is 2.50 bits per heavy atom. The van der Waals surface area contributed by atoms with Crippen LogP contribution < -0.4 is 0 Å². The highest BCUT2D eigenvalue weighted by Gasteiger charge is 2.23. The van der Waals surface area contributed by atoms with Crippen molar-refractivity contribution in [2.45, 2.75) is 43.7 Å². The molecule has 5 heteroatoms. The molecule has 4 nitrogen and oxygen atoms in total. The molecule has 1 aliphatic rings. The van der Waals surface area contributed by atoms with Crippen molar-refractivity contribution in [3.8, 4) is 0 Å². The quantitative estimate of drug-likeness (QED) is 0.591. The molecule has 28 heavy (non-hydrogen) atoms. The van der Waals surface area contributed by atoms with Crippen LogP contribution in [0.3, 0.4) is 0 Å². The molecule has 2 aromatic carbocycles. The van der Waals surface area contributed by atoms with Crippen LogP contribution in [0.2, 0.25) is 0 Å². The highest BCUT2D eigenvalue weighted by molar-refractivity contribution is 7.99. The van der Waals surface area contributed by atoms with Crippen molar-refractivity contribution in [3.05, 3.63) is 65.9 Å². The zero-order valence-corrected chi connectivity index (χ0v) is 17.0. The van der Waals surface area contributed by atoms with Crippen molar-refractivity contribution in [2.24, 2.45) is 0 Å². The van der Waals surface area contributed by atoms with Crippen LogP contribution >= 0.6 is 11.8 Å². The minimum Gasteiger partial charge on any atom is -0.339 e. The van der Waals surface area contributed by atoms with Crippen LogP contribution in [0.4, 0.5) is 0 Å². The van der Waals surface area contributed by atoms with E-state index >= 15 is 0 Å². The molecule has 0 saturated carbocycles. The molecule has 3 aromatic rings. The van der Waals surface area contributed by atoms with Crippen molar-refractivity contribution in [1.82, 2.24) is 14.9 Å². The molecule has 0 radical (unpaired) electrons. The van der Waals surface area contributed by atoms with Gasteiger partial charge in [-0.1, -0.05) is 54.2 Å². The van der Waals surface area contributed by atoms with Crippen LogP contribution in [0.5, 0.6) is 0 Å². The fraction of sp³-hybridized carbons (Fsp3) is 0.348. The molecule has 1 amide bonds. The third-order valence-corrected chi connectivity index (χ3v) is 6.27. The number of para-hydroxylation sites is 2. The molecule has 4 rings (SSSR count). The number of likely N-dealkylation sites (tertiary alicyclic amines) is 1. The summed E-state index contributed by atoms with van der Waals surface area (Å²) in [5, 5.41) is 0.862. The van der Waals surface area contributed by atoms with E-state index in [0.29, 0.717) is 11.8 Å². The number of piperidine rings is 1. The van der Waals surface area contributed by atoms with Gasteiger partial charge in [0.25, 0.3) is 0 Å². The van der Waals surface area contributed by atoms with Gasteiger partial charge in [-0.3, -0.25) is 4.79 Å². The summed E-state index contributed by atoms with van der Waals surface area (Å²) in [7, 11) is 0. The maximum Gasteiger partial charge on any atom is 0.233 e. The number of aromatic nitrogens is 2. The summed E-state index contributed by atoms with van der Waals surface area (Å²) < 4.78 is 0. The third kappa shape index (κ3) is 4.36. The monoisotopic (exact) mass is 391 g/mol. The van der Waals surface area contributed by atoms with Gasteiger partial charge in [-0.05, 0) is 43.9 Å². The average molecular weight is 392 g/mol. The van der Waals surface area contributed by atoms with Gasteiger partial charge < -0.3 is 4.90 Å². The number of fused-ring (bicyclic) bond motifs is 1. The molecule has 1 fully saturated rings. The first-order chi connectivity index (χ1) is 13.7. The van der Waals surface area contributed by atoms with Gasteiger partial charge in [-0.25, -0.2) is 9.97 Å². The Morgan fingerprint density at radius 1 is 1.04 bits per heavy atom. The zero-order valence-electron chi connectivity index (χ0n) is 16.2. The predicted molar refractivity (Wildman–Crippen MR) is 115 cm³/mol. The van der Waals surface area contributed by atoms with E-state index in [1.807, 2.05) is 47.4 Å². The van der Waals surface area contributed by atoms with Crippen molar-refractivity contribution in [1.29, 1.82) is 0 Å². The minimum atomic E-state index is 0.206. The van der Waals surface area contributed by atoms with Gasteiger partial charge in [0.1, 0.15) is 5.03 Å². The van der Waals surface area contributed by atoms with E-state index in [1.54, 1.807) is 0 Å². The Bertz CT molecular complexity index is 960. The smallest absolute Gasteiger partial charge is 0.233 e. The van der Waals surface area contributed by atoms with Crippen molar-refractivity contribution in [3.63, 3.8) is 0 Å². The molecule has 2 heterocycles. The first-order valence-corrected chi connectivity index (χ1v) is 10.9. The van der Waals surface area contributed by atoms with Gasteiger partial charge in [0.15, 0.2) is 0 Å². The molecule has 1 unspecified atom stereocenters. The summed E-state index contributed by atoms with van der Waals surface area (Å²) in [4.78, 5) is 24.5. The summed E-state index contributed by atoms with van der Waals surface area (Å²) in [6.45, 7) is 3.03. The van der Waals surface area contributed by atoms with Gasteiger partial charge in [-0.2, -0.15) is 0 Å². The molecular weight excluding hydrogens is 366 g/mol. The number of rotatable bonds is 5. The lowest BCUT2D eigenvalue weighted by atomic mass is 10.0. The Morgan fingerprint density at radius 2 is 1.75 bits per heavy atom. The number of thioether (sulfide) groups is 1. The molecule has 1 atom stereocenters. The largest absolute Gasteiger partial charge is 0.339 e. The van der Waals surface area contributed by atoms with Crippen LogP contribution in [0.25, 0.3) is 11.0 Å². The molecule has 1 aromatic heterocycles. The van der Waals surface area contributed by atoms with Gasteiger partial charge in [0.05, 0.1) is 22.5 Å². The lowest BCUT2D eigenvalue weighted by Gasteiger charge is -2.33. The second-order valence-electron chi connectivity index (χ2n) is 7.35. The normalized spacial score (nSPS) is 17.0. The van der Waals surface area contributed by atoms with Crippen LogP contribution in [0.1, 0.15) is 37.4 Å². The number of hydrogen-bond donors (Lipinski definition) is 0. The van der Waals surface area contributed by atoms with E-state index in [9.17, 15) is 4.79 Å². The number of amides is 1. The second-order valence-corrected chi connectivity index (χ2v) is 8.31. The maximum atomic E-state index is 12.8. The van der Waals surface area contributed by atoms with Crippen molar-refractivity contribution in [2.75, 3.05) is 12.3 Å². The molecule has 0 spiro atoms. The number of benzene rings is 2. The van der Waals surface area contributed by atoms with Crippen LogP contribution in [-0.4, -0.2) is 39.1 Å². The van der Waals surface area contributed by atoms with Gasteiger partial charge in [0.2, 0.25) is 5.91 Å². The summed E-state index contributed by atoms with van der Waals surface area (Å²) in [6.07, 6.45) is 4.14. The fourth-order valence-corrected chi connectivity index (χ4v) is 4.60. The standard InChI is InChI=1S/C23H25N3OS/c1-17-9-7-8-14-26(17)22(27)16-28-23-21(15-18-10-3-2-4-11-18)24-19-12-5-6-13-20(19)25-23/h2-6,10-13,17H,7-9,14-16H2,1H3. The minimum absolute atomic E-state index is 0.206. The lowest BCUT2D eigenvalue weighted by molar-refractivity contribution is -0.131. The topological polar surface area (TPSA) is 46.1 Å². The van der Waals surface area contributed by atoms with E-state index in [-0.39, 0.29) is 5.91 Å². The Balaban J connectivity index is 1.57. The van der Waals surface area contributed by atoms with E-state index in [2.05, 4.69) is 19.1 Å². The Labute approximate surface area is 170 Å². The van der Waals surface area contributed by atoms with Crippen molar-refractivity contribution >= 4 is 28.7 Å². The molecule has 0 N–H and O–H groups in total. The van der Waals surface area contributed by atoms with E-state index in [4.69, 9.17) is 9.97 Å². The second kappa shape index (κ2) is 8.74. The molecule has 1 saturated heterocycles. The summed E-state index contributed by atoms with van der Waals surface area (Å²) in [5.41, 5.74) is 3.91. The molecule has 0 bridgehead atoms. The summed E-state index contributed by atoms with van der Waals surface area (Å²) >= 11 is 1.52. The highest BCUT2D eigenvalue weighted by atomic mass is 32.2. The molecule has 1 aliphatic heterocycles. The number of carbonyl (C=O) groups excluding carboxylic acids is 1. The highest BCUT2D eigenvalue weighted by Crippen LogP contribution is 2.26. The SMILES string of the molecule is CC1CCCCN1C(=O)CSc1nc2ccccc2nc1Cc1ccccc1. The molecule has 0 aliphatic carbocycles. The first-order valence-electron chi connectivity index (χ1n) is 9.92. The summed E-state index contributed by atoms with van der Waals surface area (Å²) in [6, 6.07) is 18.6. The molecular formula is C23H25N3OS. The van der Waals surface area contributed by atoms with Crippen LogP contribution in [-0.2, 0) is 11.2 Å². The number of hydrogen-bond acceptors (Lipinski definition) is 4. The lowest BCUT2D eigenvalue weighted by Crippen LogP contribution is -2.42. The summed E-state index contributed by atoms with van der Waals surface area (Å²) in [5.74, 6) is 0.622. The number of nitrogens with zero attached hydrogens (tertiary/aromatic N) is 3. The molecule has 144 valence electrons. The Kier molecular flexibility index (Phi) is 5.91. The van der Waals surface area contributed by atoms with E-state index < -0.39 is 0 Å². The van der Waals surface area contributed by atoms with Gasteiger partial charge in [0, 0.05) is 19.0 Å². The Hall–Kier alpha value is -2.40. The number of carbonyl (C=O) groups is 1. The third-order valence-electron chi connectivity index (χ3n) is 5.28. The first kappa shape index (κ1) is 18.9. The predicted octanol–water partition coefficient (Wildman–Crippen LogP) is 4.71. The van der Waals surface area contributed by atoms with Crippen LogP contribution in [0.15, 0.2) is 59.6 Å². The maximum absolute atomic E-state index is 12.8. The van der Waals surface area contributed by atoms with Gasteiger partial charge in [-0.15, -0.1) is 0 Å². The fourth-order valence-electron chi connectivity index (χ4n) is 3.72. The van der Waals surface area contributed by atoms with Gasteiger partial charge >= 0.3 is 0 Å². The van der Waals surface area contributed by atoms with Crippen molar-refractivity contribution < 1.29 is 4.79 Å². The van der Waals surface area contributed by atoms with Crippen LogP contribution in [0, 0.1) is 0 Å². The van der Waals surface area contributed by atoms with E-state index in [0.717, 1.165) is 47.6 Å².